The molecule has 0 saturated heterocycles. The maximum atomic E-state index is 12.0. The lowest BCUT2D eigenvalue weighted by molar-refractivity contribution is 0.0906. The summed E-state index contributed by atoms with van der Waals surface area (Å²) in [7, 11) is 0. The van der Waals surface area contributed by atoms with Gasteiger partial charge in [-0.25, -0.2) is 0 Å². The van der Waals surface area contributed by atoms with Crippen molar-refractivity contribution >= 4 is 17.5 Å². The minimum atomic E-state index is -0.264. The van der Waals surface area contributed by atoms with Crippen LogP contribution in [0.2, 0.25) is 0 Å². The van der Waals surface area contributed by atoms with Crippen LogP contribution in [0.3, 0.4) is 0 Å². The average Bonchev–Trinajstić information content (AvgIpc) is 2.39. The summed E-state index contributed by atoms with van der Waals surface area (Å²) >= 11 is 5.92. The van der Waals surface area contributed by atoms with Crippen molar-refractivity contribution in [3.05, 3.63) is 34.2 Å². The Morgan fingerprint density at radius 1 is 1.39 bits per heavy atom. The zero-order chi connectivity index (χ0) is 13.0. The number of amides is 1. The van der Waals surface area contributed by atoms with Crippen molar-refractivity contribution in [2.24, 2.45) is 5.92 Å². The number of nitrogens with one attached hydrogen (secondary N) is 2. The summed E-state index contributed by atoms with van der Waals surface area (Å²) < 4.78 is 0. The van der Waals surface area contributed by atoms with E-state index in [0.717, 1.165) is 19.3 Å². The first-order chi connectivity index (χ1) is 8.70. The number of pyridine rings is 1. The van der Waals surface area contributed by atoms with E-state index in [1.807, 2.05) is 0 Å². The summed E-state index contributed by atoms with van der Waals surface area (Å²) in [6.07, 6.45) is 4.30. The number of hydrogen-bond donors (Lipinski definition) is 2. The lowest BCUT2D eigenvalue weighted by Gasteiger charge is -2.30. The molecule has 0 aliphatic heterocycles. The summed E-state index contributed by atoms with van der Waals surface area (Å²) in [4.78, 5) is 25.7. The van der Waals surface area contributed by atoms with Gasteiger partial charge >= 0.3 is 0 Å². The fourth-order valence-corrected chi connectivity index (χ4v) is 2.78. The highest BCUT2D eigenvalue weighted by molar-refractivity contribution is 6.18. The van der Waals surface area contributed by atoms with E-state index in [9.17, 15) is 9.59 Å². The van der Waals surface area contributed by atoms with E-state index in [1.54, 1.807) is 12.1 Å². The second kappa shape index (κ2) is 6.05. The molecule has 98 valence electrons. The second-order valence-corrected chi connectivity index (χ2v) is 5.02. The van der Waals surface area contributed by atoms with Crippen LogP contribution in [0.15, 0.2) is 23.0 Å². The SMILES string of the molecule is O=C(NC1CCCCC1CCl)c1cccc(=O)[nH]1. The van der Waals surface area contributed by atoms with Crippen molar-refractivity contribution in [3.63, 3.8) is 0 Å². The first-order valence-corrected chi connectivity index (χ1v) is 6.80. The van der Waals surface area contributed by atoms with Crippen molar-refractivity contribution in [2.75, 3.05) is 5.88 Å². The van der Waals surface area contributed by atoms with Crippen molar-refractivity contribution < 1.29 is 4.79 Å². The molecule has 1 aromatic heterocycles. The third kappa shape index (κ3) is 3.13. The van der Waals surface area contributed by atoms with Gasteiger partial charge in [0.25, 0.3) is 5.91 Å². The number of rotatable bonds is 3. The van der Waals surface area contributed by atoms with Gasteiger partial charge in [0, 0.05) is 18.0 Å². The third-order valence-electron chi connectivity index (χ3n) is 3.44. The Morgan fingerprint density at radius 3 is 2.89 bits per heavy atom. The van der Waals surface area contributed by atoms with E-state index in [4.69, 9.17) is 11.6 Å². The molecule has 0 bridgehead atoms. The van der Waals surface area contributed by atoms with Crippen molar-refractivity contribution in [1.82, 2.24) is 10.3 Å². The number of aromatic amines is 1. The van der Waals surface area contributed by atoms with Crippen molar-refractivity contribution in [2.45, 2.75) is 31.7 Å². The van der Waals surface area contributed by atoms with Gasteiger partial charge < -0.3 is 10.3 Å². The topological polar surface area (TPSA) is 62.0 Å². The maximum absolute atomic E-state index is 12.0. The van der Waals surface area contributed by atoms with Crippen LogP contribution < -0.4 is 10.9 Å². The standard InChI is InChI=1S/C13H17ClN2O2/c14-8-9-4-1-2-5-10(9)16-13(18)11-6-3-7-12(17)15-11/h3,6-7,9-10H,1-2,4-5,8H2,(H,15,17)(H,16,18). The number of alkyl halides is 1. The van der Waals surface area contributed by atoms with E-state index < -0.39 is 0 Å². The molecule has 1 heterocycles. The Hall–Kier alpha value is -1.29. The molecule has 2 unspecified atom stereocenters. The summed E-state index contributed by atoms with van der Waals surface area (Å²) in [6, 6.07) is 4.69. The van der Waals surface area contributed by atoms with Gasteiger partial charge in [0.2, 0.25) is 5.56 Å². The van der Waals surface area contributed by atoms with Crippen LogP contribution in [0.25, 0.3) is 0 Å². The molecule has 0 aromatic carbocycles. The van der Waals surface area contributed by atoms with E-state index in [0.29, 0.717) is 17.5 Å². The van der Waals surface area contributed by atoms with Gasteiger partial charge in [-0.1, -0.05) is 18.9 Å². The van der Waals surface area contributed by atoms with E-state index in [1.165, 1.54) is 12.5 Å². The molecule has 1 aromatic rings. The molecule has 1 saturated carbocycles. The van der Waals surface area contributed by atoms with E-state index in [-0.39, 0.29) is 17.5 Å². The van der Waals surface area contributed by atoms with Gasteiger partial charge in [-0.3, -0.25) is 9.59 Å². The predicted molar refractivity (Wildman–Crippen MR) is 71.0 cm³/mol. The van der Waals surface area contributed by atoms with Crippen LogP contribution >= 0.6 is 11.6 Å². The van der Waals surface area contributed by atoms with Gasteiger partial charge in [0.1, 0.15) is 5.69 Å². The monoisotopic (exact) mass is 268 g/mol. The van der Waals surface area contributed by atoms with E-state index in [2.05, 4.69) is 10.3 Å². The van der Waals surface area contributed by atoms with Gasteiger partial charge in [0.15, 0.2) is 0 Å². The lowest BCUT2D eigenvalue weighted by atomic mass is 9.85. The number of carbonyl (C=O) groups is 1. The lowest BCUT2D eigenvalue weighted by Crippen LogP contribution is -2.43. The largest absolute Gasteiger partial charge is 0.348 e. The molecule has 18 heavy (non-hydrogen) atoms. The zero-order valence-corrected chi connectivity index (χ0v) is 10.9. The third-order valence-corrected chi connectivity index (χ3v) is 3.83. The minimum absolute atomic E-state index is 0.118. The molecular weight excluding hydrogens is 252 g/mol. The first kappa shape index (κ1) is 13.1. The Bertz CT molecular complexity index is 472. The van der Waals surface area contributed by atoms with Crippen LogP contribution in [0.4, 0.5) is 0 Å². The van der Waals surface area contributed by atoms with Crippen molar-refractivity contribution in [3.8, 4) is 0 Å². The number of carbonyl (C=O) groups excluding carboxylic acids is 1. The Labute approximate surface area is 111 Å². The summed E-state index contributed by atoms with van der Waals surface area (Å²) in [5.74, 6) is 0.672. The fraction of sp³-hybridized carbons (Fsp3) is 0.538. The molecule has 4 nitrogen and oxygen atoms in total. The van der Waals surface area contributed by atoms with Gasteiger partial charge in [-0.2, -0.15) is 0 Å². The molecule has 2 rings (SSSR count). The highest BCUT2D eigenvalue weighted by atomic mass is 35.5. The highest BCUT2D eigenvalue weighted by Crippen LogP contribution is 2.25. The molecule has 2 atom stereocenters. The van der Waals surface area contributed by atoms with Crippen LogP contribution in [-0.2, 0) is 0 Å². The second-order valence-electron chi connectivity index (χ2n) is 4.71. The predicted octanol–water partition coefficient (Wildman–Crippen LogP) is 1.90. The minimum Gasteiger partial charge on any atom is -0.348 e. The molecule has 1 amide bonds. The van der Waals surface area contributed by atoms with Crippen LogP contribution in [0.1, 0.15) is 36.2 Å². The van der Waals surface area contributed by atoms with E-state index >= 15 is 0 Å². The molecule has 2 N–H and O–H groups in total. The number of hydrogen-bond acceptors (Lipinski definition) is 2. The van der Waals surface area contributed by atoms with Gasteiger partial charge in [-0.15, -0.1) is 11.6 Å². The zero-order valence-electron chi connectivity index (χ0n) is 10.1. The Balaban J connectivity index is 2.04. The molecule has 0 radical (unpaired) electrons. The quantitative estimate of drug-likeness (QED) is 0.823. The summed E-state index contributed by atoms with van der Waals surface area (Å²) in [5, 5.41) is 2.97. The Kier molecular flexibility index (Phi) is 4.42. The van der Waals surface area contributed by atoms with Crippen LogP contribution in [0.5, 0.6) is 0 Å². The van der Waals surface area contributed by atoms with Crippen LogP contribution in [0, 0.1) is 5.92 Å². The van der Waals surface area contributed by atoms with Gasteiger partial charge in [-0.05, 0) is 24.8 Å². The molecule has 1 fully saturated rings. The number of aromatic nitrogens is 1. The number of H-pyrrole nitrogens is 1. The summed E-state index contributed by atoms with van der Waals surface area (Å²) in [5.41, 5.74) is 0.0431. The molecular formula is C13H17ClN2O2. The maximum Gasteiger partial charge on any atom is 0.268 e. The Morgan fingerprint density at radius 2 is 2.17 bits per heavy atom. The normalized spacial score (nSPS) is 23.6. The molecule has 0 spiro atoms. The summed E-state index contributed by atoms with van der Waals surface area (Å²) in [6.45, 7) is 0. The smallest absolute Gasteiger partial charge is 0.268 e. The van der Waals surface area contributed by atoms with Crippen molar-refractivity contribution in [1.29, 1.82) is 0 Å². The highest BCUT2D eigenvalue weighted by Gasteiger charge is 2.26. The molecule has 5 heteroatoms. The van der Waals surface area contributed by atoms with Gasteiger partial charge in [0.05, 0.1) is 0 Å². The first-order valence-electron chi connectivity index (χ1n) is 6.27. The number of halogens is 1. The molecule has 1 aliphatic carbocycles. The molecule has 1 aliphatic rings. The van der Waals surface area contributed by atoms with Crippen LogP contribution in [-0.4, -0.2) is 22.8 Å². The average molecular weight is 269 g/mol. The fourth-order valence-electron chi connectivity index (χ4n) is 2.41.